The Bertz CT molecular complexity index is 569. The first-order valence-corrected chi connectivity index (χ1v) is 6.34. The van der Waals surface area contributed by atoms with Crippen LogP contribution in [0.2, 0.25) is 0 Å². The van der Waals surface area contributed by atoms with E-state index in [9.17, 15) is 0 Å². The molecule has 86 valence electrons. The molecule has 1 aliphatic heterocycles. The van der Waals surface area contributed by atoms with Crippen molar-refractivity contribution in [2.24, 2.45) is 0 Å². The van der Waals surface area contributed by atoms with Gasteiger partial charge in [-0.3, -0.25) is 0 Å². The molecule has 0 amide bonds. The van der Waals surface area contributed by atoms with Gasteiger partial charge in [0.25, 0.3) is 0 Å². The summed E-state index contributed by atoms with van der Waals surface area (Å²) in [7, 11) is 0. The molecule has 2 aromatic rings. The summed E-state index contributed by atoms with van der Waals surface area (Å²) in [4.78, 5) is 2.37. The fraction of sp³-hybridized carbons (Fsp3) is 0.250. The van der Waals surface area contributed by atoms with Crippen molar-refractivity contribution in [3.05, 3.63) is 54.2 Å². The van der Waals surface area contributed by atoms with Crippen molar-refractivity contribution < 1.29 is 0 Å². The number of hydrogen-bond donors (Lipinski definition) is 0. The minimum atomic E-state index is 1.05. The lowest BCUT2D eigenvalue weighted by Crippen LogP contribution is -2.20. The summed E-state index contributed by atoms with van der Waals surface area (Å²) in [6, 6.07) is 13.2. The third-order valence-corrected chi connectivity index (χ3v) is 3.40. The molecule has 0 saturated carbocycles. The van der Waals surface area contributed by atoms with E-state index in [-0.39, 0.29) is 0 Å². The highest BCUT2D eigenvalue weighted by Crippen LogP contribution is 2.32. The molecule has 3 rings (SSSR count). The van der Waals surface area contributed by atoms with Crippen LogP contribution < -0.4 is 4.90 Å². The minimum Gasteiger partial charge on any atom is -0.348 e. The standard InChI is InChI=1S/C16H17N/c1-2-11-17-12-5-8-15-14-7-4-3-6-13(14)9-10-16(15)17/h3-7,9-10,12H,2,8,11H2,1H3. The van der Waals surface area contributed by atoms with Gasteiger partial charge in [-0.2, -0.15) is 0 Å². The molecule has 0 saturated heterocycles. The van der Waals surface area contributed by atoms with E-state index < -0.39 is 0 Å². The first kappa shape index (κ1) is 10.4. The van der Waals surface area contributed by atoms with Crippen molar-refractivity contribution in [2.75, 3.05) is 11.4 Å². The summed E-state index contributed by atoms with van der Waals surface area (Å²) in [6.07, 6.45) is 6.72. The lowest BCUT2D eigenvalue weighted by atomic mass is 9.97. The normalized spacial score (nSPS) is 14.1. The van der Waals surface area contributed by atoms with Gasteiger partial charge >= 0.3 is 0 Å². The Kier molecular flexibility index (Phi) is 2.60. The maximum Gasteiger partial charge on any atom is 0.0448 e. The van der Waals surface area contributed by atoms with Crippen LogP contribution in [0.25, 0.3) is 10.8 Å². The molecule has 0 N–H and O–H groups in total. The van der Waals surface area contributed by atoms with Gasteiger partial charge in [-0.05, 0) is 35.2 Å². The first-order chi connectivity index (χ1) is 8.40. The Labute approximate surface area is 102 Å². The van der Waals surface area contributed by atoms with Crippen LogP contribution in [0.1, 0.15) is 18.9 Å². The molecule has 0 aliphatic carbocycles. The predicted octanol–water partition coefficient (Wildman–Crippen LogP) is 4.13. The Morgan fingerprint density at radius 1 is 1.12 bits per heavy atom. The van der Waals surface area contributed by atoms with Gasteiger partial charge in [-0.25, -0.2) is 0 Å². The summed E-state index contributed by atoms with van der Waals surface area (Å²) in [6.45, 7) is 3.32. The number of anilines is 1. The van der Waals surface area contributed by atoms with Crippen LogP contribution in [0.3, 0.4) is 0 Å². The second kappa shape index (κ2) is 4.25. The zero-order chi connectivity index (χ0) is 11.7. The summed E-state index contributed by atoms with van der Waals surface area (Å²) >= 11 is 0. The van der Waals surface area contributed by atoms with Crippen molar-refractivity contribution in [1.29, 1.82) is 0 Å². The molecule has 0 aromatic heterocycles. The van der Waals surface area contributed by atoms with Crippen LogP contribution in [0, 0.1) is 0 Å². The Morgan fingerprint density at radius 2 is 2.00 bits per heavy atom. The van der Waals surface area contributed by atoms with Crippen molar-refractivity contribution in [2.45, 2.75) is 19.8 Å². The van der Waals surface area contributed by atoms with Crippen LogP contribution >= 0.6 is 0 Å². The van der Waals surface area contributed by atoms with E-state index in [1.165, 1.54) is 28.4 Å². The number of benzene rings is 2. The maximum atomic E-state index is 2.37. The van der Waals surface area contributed by atoms with E-state index in [4.69, 9.17) is 0 Å². The van der Waals surface area contributed by atoms with Gasteiger partial charge in [0.15, 0.2) is 0 Å². The SMILES string of the molecule is CCCN1C=CCc2c1ccc1ccccc21. The highest BCUT2D eigenvalue weighted by atomic mass is 15.1. The second-order valence-corrected chi connectivity index (χ2v) is 4.57. The molecule has 0 bridgehead atoms. The van der Waals surface area contributed by atoms with Crippen molar-refractivity contribution in [3.8, 4) is 0 Å². The van der Waals surface area contributed by atoms with E-state index in [1.54, 1.807) is 0 Å². The summed E-state index contributed by atoms with van der Waals surface area (Å²) in [5, 5.41) is 2.74. The maximum absolute atomic E-state index is 2.37. The average Bonchev–Trinajstić information content (AvgIpc) is 2.39. The van der Waals surface area contributed by atoms with Gasteiger partial charge in [0.2, 0.25) is 0 Å². The topological polar surface area (TPSA) is 3.24 Å². The molecule has 0 spiro atoms. The molecule has 1 aliphatic rings. The van der Waals surface area contributed by atoms with Gasteiger partial charge in [0.1, 0.15) is 0 Å². The van der Waals surface area contributed by atoms with Crippen LogP contribution in [0.15, 0.2) is 48.7 Å². The number of nitrogens with zero attached hydrogens (tertiary/aromatic N) is 1. The summed E-state index contributed by atoms with van der Waals surface area (Å²) in [5.74, 6) is 0. The van der Waals surface area contributed by atoms with E-state index in [1.807, 2.05) is 0 Å². The lowest BCUT2D eigenvalue weighted by Gasteiger charge is -2.27. The number of rotatable bonds is 2. The van der Waals surface area contributed by atoms with Gasteiger partial charge < -0.3 is 4.90 Å². The minimum absolute atomic E-state index is 1.05. The van der Waals surface area contributed by atoms with Crippen LogP contribution in [0.4, 0.5) is 5.69 Å². The third-order valence-electron chi connectivity index (χ3n) is 3.40. The molecule has 1 heteroatoms. The quantitative estimate of drug-likeness (QED) is 0.740. The molecule has 1 heterocycles. The largest absolute Gasteiger partial charge is 0.348 e. The Balaban J connectivity index is 2.18. The van der Waals surface area contributed by atoms with E-state index in [0.29, 0.717) is 0 Å². The smallest absolute Gasteiger partial charge is 0.0448 e. The van der Waals surface area contributed by atoms with Crippen molar-refractivity contribution in [1.82, 2.24) is 0 Å². The van der Waals surface area contributed by atoms with E-state index in [0.717, 1.165) is 13.0 Å². The number of hydrogen-bond acceptors (Lipinski definition) is 1. The molecule has 1 nitrogen and oxygen atoms in total. The van der Waals surface area contributed by atoms with Crippen molar-refractivity contribution in [3.63, 3.8) is 0 Å². The van der Waals surface area contributed by atoms with Crippen molar-refractivity contribution >= 4 is 16.5 Å². The predicted molar refractivity (Wildman–Crippen MR) is 74.4 cm³/mol. The first-order valence-electron chi connectivity index (χ1n) is 6.34. The monoisotopic (exact) mass is 223 g/mol. The van der Waals surface area contributed by atoms with Crippen LogP contribution in [-0.2, 0) is 6.42 Å². The summed E-state index contributed by atoms with van der Waals surface area (Å²) < 4.78 is 0. The third kappa shape index (κ3) is 1.72. The molecular formula is C16H17N. The number of allylic oxidation sites excluding steroid dienone is 1. The van der Waals surface area contributed by atoms with E-state index in [2.05, 4.69) is 60.5 Å². The highest BCUT2D eigenvalue weighted by molar-refractivity contribution is 5.91. The Hall–Kier alpha value is -1.76. The lowest BCUT2D eigenvalue weighted by molar-refractivity contribution is 0.865. The van der Waals surface area contributed by atoms with Gasteiger partial charge in [0, 0.05) is 18.4 Å². The van der Waals surface area contributed by atoms with Crippen LogP contribution in [0.5, 0.6) is 0 Å². The van der Waals surface area contributed by atoms with Gasteiger partial charge in [0.05, 0.1) is 0 Å². The fourth-order valence-electron chi connectivity index (χ4n) is 2.62. The molecule has 0 atom stereocenters. The molecule has 0 unspecified atom stereocenters. The van der Waals surface area contributed by atoms with Gasteiger partial charge in [-0.15, -0.1) is 0 Å². The zero-order valence-electron chi connectivity index (χ0n) is 10.2. The van der Waals surface area contributed by atoms with Crippen LogP contribution in [-0.4, -0.2) is 6.54 Å². The second-order valence-electron chi connectivity index (χ2n) is 4.57. The highest BCUT2D eigenvalue weighted by Gasteiger charge is 2.14. The molecular weight excluding hydrogens is 206 g/mol. The average molecular weight is 223 g/mol. The molecule has 17 heavy (non-hydrogen) atoms. The summed E-state index contributed by atoms with van der Waals surface area (Å²) in [5.41, 5.74) is 2.85. The van der Waals surface area contributed by atoms with E-state index >= 15 is 0 Å². The van der Waals surface area contributed by atoms with Gasteiger partial charge in [-0.1, -0.05) is 43.3 Å². The Morgan fingerprint density at radius 3 is 2.88 bits per heavy atom. The fourth-order valence-corrected chi connectivity index (χ4v) is 2.62. The molecule has 0 radical (unpaired) electrons. The molecule has 0 fully saturated rings. The zero-order valence-corrected chi connectivity index (χ0v) is 10.2. The molecule has 2 aromatic carbocycles. The number of fused-ring (bicyclic) bond motifs is 3.